The number of aromatic nitrogens is 3. The largest absolute Gasteiger partial charge is 0.497 e. The zero-order valence-electron chi connectivity index (χ0n) is 11.8. The second-order valence-corrected chi connectivity index (χ2v) is 5.39. The predicted molar refractivity (Wildman–Crippen MR) is 80.2 cm³/mol. The summed E-state index contributed by atoms with van der Waals surface area (Å²) in [5.41, 5.74) is 0.630. The van der Waals surface area contributed by atoms with Gasteiger partial charge < -0.3 is 9.47 Å². The van der Waals surface area contributed by atoms with E-state index in [1.165, 1.54) is 15.9 Å². The van der Waals surface area contributed by atoms with Gasteiger partial charge in [0.25, 0.3) is 5.56 Å². The van der Waals surface area contributed by atoms with E-state index in [1.54, 1.807) is 33.3 Å². The fourth-order valence-corrected chi connectivity index (χ4v) is 2.95. The highest BCUT2D eigenvalue weighted by atomic mass is 32.1. The van der Waals surface area contributed by atoms with Crippen LogP contribution < -0.4 is 19.6 Å². The van der Waals surface area contributed by atoms with Crippen LogP contribution in [0.5, 0.6) is 11.5 Å². The van der Waals surface area contributed by atoms with Crippen molar-refractivity contribution < 1.29 is 9.47 Å². The molecule has 0 N–H and O–H groups in total. The molecule has 0 bridgehead atoms. The zero-order chi connectivity index (χ0) is 15.0. The van der Waals surface area contributed by atoms with Gasteiger partial charge in [0, 0.05) is 11.6 Å². The third-order valence-electron chi connectivity index (χ3n) is 3.01. The van der Waals surface area contributed by atoms with Gasteiger partial charge in [0.15, 0.2) is 0 Å². The van der Waals surface area contributed by atoms with Gasteiger partial charge in [-0.3, -0.25) is 4.79 Å². The Morgan fingerprint density at radius 3 is 2.76 bits per heavy atom. The molecule has 0 radical (unpaired) electrons. The van der Waals surface area contributed by atoms with Crippen LogP contribution >= 0.6 is 11.3 Å². The highest BCUT2D eigenvalue weighted by Gasteiger charge is 2.09. The Hall–Kier alpha value is -2.41. The number of methoxy groups -OCH3 is 2. The van der Waals surface area contributed by atoms with Crippen LogP contribution in [-0.4, -0.2) is 28.8 Å². The number of nitrogens with zero attached hydrogens (tertiary/aromatic N) is 3. The smallest absolute Gasteiger partial charge is 0.291 e. The number of rotatable bonds is 3. The highest BCUT2D eigenvalue weighted by Crippen LogP contribution is 2.25. The summed E-state index contributed by atoms with van der Waals surface area (Å²) in [5, 5.41) is 4.08. The zero-order valence-corrected chi connectivity index (χ0v) is 12.6. The molecule has 0 aliphatic heterocycles. The minimum atomic E-state index is -0.173. The van der Waals surface area contributed by atoms with Crippen molar-refractivity contribution >= 4 is 22.4 Å². The molecule has 0 saturated heterocycles. The molecule has 0 unspecified atom stereocenters. The normalized spacial score (nSPS) is 12.0. The number of hydrogen-bond donors (Lipinski definition) is 0. The molecule has 0 amide bonds. The molecule has 108 valence electrons. The fraction of sp³-hybridized carbons (Fsp3) is 0.214. The van der Waals surface area contributed by atoms with Gasteiger partial charge in [0.2, 0.25) is 4.96 Å². The van der Waals surface area contributed by atoms with E-state index in [1.807, 2.05) is 12.1 Å². The number of hydrogen-bond acceptors (Lipinski definition) is 6. The SMILES string of the molecule is COc1ccc(/C=c2\sc3nc(C)nn3c2=O)c(OC)c1. The van der Waals surface area contributed by atoms with Crippen LogP contribution in [0.15, 0.2) is 23.0 Å². The molecular formula is C14H13N3O3S. The average Bonchev–Trinajstić information content (AvgIpc) is 2.98. The van der Waals surface area contributed by atoms with Crippen molar-refractivity contribution in [3.63, 3.8) is 0 Å². The molecule has 3 aromatic rings. The molecule has 0 atom stereocenters. The van der Waals surface area contributed by atoms with Crippen LogP contribution in [0.4, 0.5) is 0 Å². The minimum Gasteiger partial charge on any atom is -0.497 e. The average molecular weight is 303 g/mol. The van der Waals surface area contributed by atoms with Crippen LogP contribution in [0.1, 0.15) is 11.4 Å². The standard InChI is InChI=1S/C14H13N3O3S/c1-8-15-14-17(16-8)13(18)12(21-14)6-9-4-5-10(19-2)7-11(9)20-3/h4-7H,1-3H3/b12-6-. The lowest BCUT2D eigenvalue weighted by molar-refractivity contribution is 0.393. The molecule has 0 fully saturated rings. The monoisotopic (exact) mass is 303 g/mol. The summed E-state index contributed by atoms with van der Waals surface area (Å²) >= 11 is 1.30. The van der Waals surface area contributed by atoms with Crippen molar-refractivity contribution in [2.75, 3.05) is 14.2 Å². The number of thiazole rings is 1. The second-order valence-electron chi connectivity index (χ2n) is 4.38. The van der Waals surface area contributed by atoms with Crippen molar-refractivity contribution in [2.24, 2.45) is 0 Å². The highest BCUT2D eigenvalue weighted by molar-refractivity contribution is 7.15. The third-order valence-corrected chi connectivity index (χ3v) is 3.97. The predicted octanol–water partition coefficient (Wildman–Crippen LogP) is 1.02. The van der Waals surface area contributed by atoms with Crippen LogP contribution in [0.3, 0.4) is 0 Å². The molecule has 2 aromatic heterocycles. The van der Waals surface area contributed by atoms with Crippen LogP contribution in [0, 0.1) is 6.92 Å². The number of aryl methyl sites for hydroxylation is 1. The van der Waals surface area contributed by atoms with Crippen molar-refractivity contribution in [1.29, 1.82) is 0 Å². The van der Waals surface area contributed by atoms with Gasteiger partial charge in [0.05, 0.1) is 18.8 Å². The van der Waals surface area contributed by atoms with Gasteiger partial charge in [0.1, 0.15) is 17.3 Å². The summed E-state index contributed by atoms with van der Waals surface area (Å²) < 4.78 is 12.4. The summed E-state index contributed by atoms with van der Waals surface area (Å²) in [6.07, 6.45) is 1.77. The molecule has 21 heavy (non-hydrogen) atoms. The first-order chi connectivity index (χ1) is 10.1. The van der Waals surface area contributed by atoms with E-state index in [-0.39, 0.29) is 5.56 Å². The van der Waals surface area contributed by atoms with Crippen molar-refractivity contribution in [3.05, 3.63) is 44.5 Å². The molecular weight excluding hydrogens is 290 g/mol. The number of fused-ring (bicyclic) bond motifs is 1. The second kappa shape index (κ2) is 5.17. The maximum absolute atomic E-state index is 12.2. The summed E-state index contributed by atoms with van der Waals surface area (Å²) in [5.74, 6) is 1.93. The fourth-order valence-electron chi connectivity index (χ4n) is 2.01. The lowest BCUT2D eigenvalue weighted by Gasteiger charge is -2.06. The Labute approximate surface area is 124 Å². The first-order valence-electron chi connectivity index (χ1n) is 6.22. The lowest BCUT2D eigenvalue weighted by Crippen LogP contribution is -2.23. The number of ether oxygens (including phenoxy) is 2. The van der Waals surface area contributed by atoms with E-state index in [2.05, 4.69) is 10.1 Å². The summed E-state index contributed by atoms with van der Waals surface area (Å²) in [7, 11) is 3.17. The molecule has 2 heterocycles. The third kappa shape index (κ3) is 2.36. The molecule has 6 nitrogen and oxygen atoms in total. The van der Waals surface area contributed by atoms with Gasteiger partial charge in [-0.05, 0) is 25.1 Å². The molecule has 0 spiro atoms. The first kappa shape index (κ1) is 13.6. The Morgan fingerprint density at radius 2 is 2.10 bits per heavy atom. The Bertz CT molecular complexity index is 914. The van der Waals surface area contributed by atoms with E-state index in [9.17, 15) is 4.79 Å². The lowest BCUT2D eigenvalue weighted by atomic mass is 10.2. The van der Waals surface area contributed by atoms with E-state index >= 15 is 0 Å². The summed E-state index contributed by atoms with van der Waals surface area (Å²) in [4.78, 5) is 17.0. The van der Waals surface area contributed by atoms with Crippen molar-refractivity contribution in [1.82, 2.24) is 14.6 Å². The van der Waals surface area contributed by atoms with Gasteiger partial charge in [-0.15, -0.1) is 5.10 Å². The maximum atomic E-state index is 12.2. The quantitative estimate of drug-likeness (QED) is 0.723. The molecule has 7 heteroatoms. The van der Waals surface area contributed by atoms with Gasteiger partial charge in [-0.1, -0.05) is 11.3 Å². The van der Waals surface area contributed by atoms with E-state index < -0.39 is 0 Å². The molecule has 1 aromatic carbocycles. The first-order valence-corrected chi connectivity index (χ1v) is 7.04. The van der Waals surface area contributed by atoms with Crippen molar-refractivity contribution in [3.8, 4) is 11.5 Å². The minimum absolute atomic E-state index is 0.173. The van der Waals surface area contributed by atoms with Crippen molar-refractivity contribution in [2.45, 2.75) is 6.92 Å². The Morgan fingerprint density at radius 1 is 1.29 bits per heavy atom. The molecule has 0 aliphatic rings. The van der Waals surface area contributed by atoms with Gasteiger partial charge in [-0.25, -0.2) is 4.98 Å². The van der Waals surface area contributed by atoms with Crippen LogP contribution in [0.2, 0.25) is 0 Å². The maximum Gasteiger partial charge on any atom is 0.291 e. The Balaban J connectivity index is 2.17. The molecule has 3 rings (SSSR count). The number of benzene rings is 1. The molecule has 0 aliphatic carbocycles. The Kier molecular flexibility index (Phi) is 3.34. The van der Waals surface area contributed by atoms with Gasteiger partial charge >= 0.3 is 0 Å². The summed E-state index contributed by atoms with van der Waals surface area (Å²) in [6.45, 7) is 1.76. The molecule has 0 saturated carbocycles. The topological polar surface area (TPSA) is 65.7 Å². The van der Waals surface area contributed by atoms with Gasteiger partial charge in [-0.2, -0.15) is 4.52 Å². The van der Waals surface area contributed by atoms with E-state index in [0.717, 1.165) is 5.56 Å². The summed E-state index contributed by atoms with van der Waals surface area (Å²) in [6, 6.07) is 5.44. The van der Waals surface area contributed by atoms with Crippen LogP contribution in [0.25, 0.3) is 11.0 Å². The van der Waals surface area contributed by atoms with Crippen LogP contribution in [-0.2, 0) is 0 Å². The van der Waals surface area contributed by atoms with E-state index in [0.29, 0.717) is 26.8 Å². The van der Waals surface area contributed by atoms with E-state index in [4.69, 9.17) is 9.47 Å².